The van der Waals surface area contributed by atoms with E-state index < -0.39 is 0 Å². The van der Waals surface area contributed by atoms with Crippen LogP contribution in [0.2, 0.25) is 0 Å². The van der Waals surface area contributed by atoms with Gasteiger partial charge in [0.2, 0.25) is 11.5 Å². The summed E-state index contributed by atoms with van der Waals surface area (Å²) in [6.45, 7) is 1.86. The first-order valence-electron chi connectivity index (χ1n) is 12.1. The Labute approximate surface area is 197 Å². The van der Waals surface area contributed by atoms with Crippen molar-refractivity contribution in [1.82, 2.24) is 4.90 Å². The average molecular weight is 446 g/mol. The van der Waals surface area contributed by atoms with Crippen molar-refractivity contribution in [2.45, 2.75) is 32.2 Å². The lowest BCUT2D eigenvalue weighted by atomic mass is 9.76. The van der Waals surface area contributed by atoms with Gasteiger partial charge in [-0.2, -0.15) is 4.57 Å². The van der Waals surface area contributed by atoms with Crippen molar-refractivity contribution in [2.24, 2.45) is 0 Å². The molecule has 34 heavy (non-hydrogen) atoms. The van der Waals surface area contributed by atoms with E-state index in [0.717, 1.165) is 71.9 Å². The monoisotopic (exact) mass is 445 g/mol. The molecule has 1 N–H and O–H groups in total. The first-order chi connectivity index (χ1) is 16.7. The van der Waals surface area contributed by atoms with Gasteiger partial charge in [0, 0.05) is 41.9 Å². The van der Waals surface area contributed by atoms with E-state index in [0.29, 0.717) is 11.1 Å². The number of hydrogen-bond acceptors (Lipinski definition) is 3. The Morgan fingerprint density at radius 1 is 0.853 bits per heavy atom. The molecular formula is C30H25N2O2+. The maximum Gasteiger partial charge on any atom is 0.209 e. The van der Waals surface area contributed by atoms with Gasteiger partial charge in [0.05, 0.1) is 11.1 Å². The highest BCUT2D eigenvalue weighted by molar-refractivity contribution is 6.25. The van der Waals surface area contributed by atoms with Crippen LogP contribution in [0.1, 0.15) is 31.4 Å². The number of pyridine rings is 1. The number of hydrogen-bond donors (Lipinski definition) is 1. The van der Waals surface area contributed by atoms with Crippen LogP contribution in [0.4, 0.5) is 0 Å². The zero-order valence-electron chi connectivity index (χ0n) is 18.9. The van der Waals surface area contributed by atoms with Crippen LogP contribution < -0.4 is 15.0 Å². The second-order valence-corrected chi connectivity index (χ2v) is 9.55. The number of allylic oxidation sites excluding steroid dienone is 5. The minimum absolute atomic E-state index is 0.00860. The molecule has 4 heterocycles. The van der Waals surface area contributed by atoms with Gasteiger partial charge in [0.15, 0.2) is 6.20 Å². The number of ketones is 1. The fourth-order valence-corrected chi connectivity index (χ4v) is 5.92. The van der Waals surface area contributed by atoms with Gasteiger partial charge >= 0.3 is 0 Å². The van der Waals surface area contributed by atoms with Crippen LogP contribution in [0.15, 0.2) is 89.0 Å². The zero-order valence-corrected chi connectivity index (χ0v) is 18.9. The summed E-state index contributed by atoms with van der Waals surface area (Å²) in [4.78, 5) is 15.8. The summed E-state index contributed by atoms with van der Waals surface area (Å²) in [6, 6.07) is 18.8. The number of aryl methyl sites for hydroxylation is 1. The third kappa shape index (κ3) is 2.78. The Bertz CT molecular complexity index is 1640. The molecule has 0 saturated carbocycles. The topological polar surface area (TPSA) is 44.4 Å². The first kappa shape index (κ1) is 19.5. The maximum atomic E-state index is 13.6. The summed E-state index contributed by atoms with van der Waals surface area (Å²) >= 11 is 0. The lowest BCUT2D eigenvalue weighted by molar-refractivity contribution is -0.701. The van der Waals surface area contributed by atoms with Gasteiger partial charge in [0.25, 0.3) is 0 Å². The molecule has 7 rings (SSSR count). The van der Waals surface area contributed by atoms with Gasteiger partial charge in [-0.3, -0.25) is 4.79 Å². The largest absolute Gasteiger partial charge is 0.506 e. The van der Waals surface area contributed by atoms with Crippen LogP contribution in [0.5, 0.6) is 0 Å². The zero-order chi connectivity index (χ0) is 22.8. The van der Waals surface area contributed by atoms with E-state index >= 15 is 0 Å². The molecule has 2 aromatic carbocycles. The third-order valence-electron chi connectivity index (χ3n) is 7.59. The summed E-state index contributed by atoms with van der Waals surface area (Å²) in [5.41, 5.74) is 5.09. The van der Waals surface area contributed by atoms with Crippen LogP contribution >= 0.6 is 0 Å². The number of nitrogens with zero attached hydrogens (tertiary/aromatic N) is 2. The highest BCUT2D eigenvalue weighted by Gasteiger charge is 2.42. The molecule has 3 aromatic rings. The van der Waals surface area contributed by atoms with Gasteiger partial charge in [-0.15, -0.1) is 0 Å². The number of carbonyl (C=O) groups is 1. The Kier molecular flexibility index (Phi) is 4.19. The minimum atomic E-state index is -0.00860. The molecule has 4 heteroatoms. The summed E-state index contributed by atoms with van der Waals surface area (Å²) in [5, 5.41) is 16.0. The molecule has 4 nitrogen and oxygen atoms in total. The second kappa shape index (κ2) is 7.29. The number of aromatic nitrogens is 1. The lowest BCUT2D eigenvalue weighted by Crippen LogP contribution is -2.42. The molecule has 166 valence electrons. The Balaban J connectivity index is 1.39. The quantitative estimate of drug-likeness (QED) is 0.459. The number of rotatable bonds is 1. The molecule has 0 radical (unpaired) electrons. The highest BCUT2D eigenvalue weighted by Crippen LogP contribution is 2.44. The maximum absolute atomic E-state index is 13.6. The molecule has 0 fully saturated rings. The van der Waals surface area contributed by atoms with E-state index in [1.54, 1.807) is 0 Å². The molecule has 4 aliphatic rings. The van der Waals surface area contributed by atoms with Crippen molar-refractivity contribution in [3.8, 4) is 0 Å². The third-order valence-corrected chi connectivity index (χ3v) is 7.59. The van der Waals surface area contributed by atoms with Crippen molar-refractivity contribution in [2.75, 3.05) is 6.54 Å². The van der Waals surface area contributed by atoms with Gasteiger partial charge in [-0.25, -0.2) is 0 Å². The van der Waals surface area contributed by atoms with Crippen LogP contribution in [0.3, 0.4) is 0 Å². The number of benzene rings is 2. The molecular weight excluding hydrogens is 420 g/mol. The van der Waals surface area contributed by atoms with Gasteiger partial charge in [-0.1, -0.05) is 42.5 Å². The van der Waals surface area contributed by atoms with Crippen molar-refractivity contribution in [3.63, 3.8) is 0 Å². The van der Waals surface area contributed by atoms with E-state index in [1.165, 1.54) is 10.6 Å². The number of carbonyl (C=O) groups excluding carboxylic acids is 1. The van der Waals surface area contributed by atoms with Crippen LogP contribution in [0.25, 0.3) is 28.6 Å². The molecule has 0 amide bonds. The van der Waals surface area contributed by atoms with Crippen molar-refractivity contribution >= 4 is 34.4 Å². The molecule has 0 atom stereocenters. The smallest absolute Gasteiger partial charge is 0.209 e. The number of Topliss-reactive ketones (excluding diaryl/α,β-unsaturated/α-hetero) is 1. The summed E-state index contributed by atoms with van der Waals surface area (Å²) < 4.78 is 2.23. The van der Waals surface area contributed by atoms with E-state index in [9.17, 15) is 9.90 Å². The SMILES string of the molecule is O=C1C(C2=C3C=c4ccccc4=CN3CCC2)=C(O)/C1=C1/CCC[n+]2cc3ccccc3cc21. The summed E-state index contributed by atoms with van der Waals surface area (Å²) in [6.07, 6.45) is 10.1. The van der Waals surface area contributed by atoms with Crippen molar-refractivity contribution < 1.29 is 14.5 Å². The Hall–Kier alpha value is -3.92. The summed E-state index contributed by atoms with van der Waals surface area (Å²) in [7, 11) is 0. The Morgan fingerprint density at radius 3 is 2.47 bits per heavy atom. The molecule has 0 saturated heterocycles. The van der Waals surface area contributed by atoms with Gasteiger partial charge in [-0.05, 0) is 52.8 Å². The van der Waals surface area contributed by atoms with Crippen LogP contribution in [0, 0.1) is 0 Å². The molecule has 1 aromatic heterocycles. The normalized spacial score (nSPS) is 21.4. The number of aliphatic hydroxyl groups excluding tert-OH is 1. The standard InChI is InChI=1S/C30H24N2O2/c33-29-27(23-11-5-13-31-17-21-9-3-1-7-19(21)15-25(23)31)30(34)28(29)24-12-6-14-32-18-22-10-4-2-8-20(22)16-26(24)32/h1-4,7-10,15-18H,5-6,11-14H2/p+1. The number of fused-ring (bicyclic) bond motifs is 4. The molecule has 1 aliphatic carbocycles. The van der Waals surface area contributed by atoms with Crippen molar-refractivity contribution in [1.29, 1.82) is 0 Å². The van der Waals surface area contributed by atoms with E-state index in [2.05, 4.69) is 58.3 Å². The van der Waals surface area contributed by atoms with Crippen molar-refractivity contribution in [3.05, 3.63) is 105 Å². The van der Waals surface area contributed by atoms with Crippen LogP contribution in [-0.4, -0.2) is 22.3 Å². The highest BCUT2D eigenvalue weighted by atomic mass is 16.3. The fraction of sp³-hybridized carbons (Fsp3) is 0.200. The predicted octanol–water partition coefficient (Wildman–Crippen LogP) is 3.65. The van der Waals surface area contributed by atoms with Gasteiger partial charge < -0.3 is 10.0 Å². The first-order valence-corrected chi connectivity index (χ1v) is 12.1. The van der Waals surface area contributed by atoms with E-state index in [1.807, 2.05) is 24.3 Å². The van der Waals surface area contributed by atoms with Crippen LogP contribution in [-0.2, 0) is 11.3 Å². The molecule has 0 unspecified atom stereocenters. The molecule has 3 aliphatic heterocycles. The number of aliphatic hydroxyl groups is 1. The molecule has 0 bridgehead atoms. The predicted molar refractivity (Wildman–Crippen MR) is 133 cm³/mol. The fourth-order valence-electron chi connectivity index (χ4n) is 5.92. The second-order valence-electron chi connectivity index (χ2n) is 9.55. The lowest BCUT2D eigenvalue weighted by Gasteiger charge is -2.35. The average Bonchev–Trinajstić information content (AvgIpc) is 2.87. The molecule has 0 spiro atoms. The minimum Gasteiger partial charge on any atom is -0.506 e. The Morgan fingerprint density at radius 2 is 1.62 bits per heavy atom. The van der Waals surface area contributed by atoms with E-state index in [-0.39, 0.29) is 11.5 Å². The summed E-state index contributed by atoms with van der Waals surface area (Å²) in [5.74, 6) is 0.170. The van der Waals surface area contributed by atoms with E-state index in [4.69, 9.17) is 0 Å². The van der Waals surface area contributed by atoms with Gasteiger partial charge in [0.1, 0.15) is 12.3 Å².